The lowest BCUT2D eigenvalue weighted by atomic mass is 9.97. The zero-order valence-corrected chi connectivity index (χ0v) is 19.5. The molecule has 2 aromatic carbocycles. The van der Waals surface area contributed by atoms with Crippen LogP contribution < -0.4 is 11.1 Å². The molecule has 0 aliphatic rings. The van der Waals surface area contributed by atoms with E-state index in [-0.39, 0.29) is 0 Å². The summed E-state index contributed by atoms with van der Waals surface area (Å²) in [4.78, 5) is 18.1. The van der Waals surface area contributed by atoms with E-state index in [4.69, 9.17) is 17.1 Å². The number of aromatic nitrogens is 2. The number of nitrogens with one attached hydrogen (secondary N) is 1. The molecule has 0 saturated carbocycles. The minimum absolute atomic E-state index is 0.416. The molecule has 35 heavy (non-hydrogen) atoms. The van der Waals surface area contributed by atoms with E-state index in [0.29, 0.717) is 18.8 Å². The van der Waals surface area contributed by atoms with Gasteiger partial charge in [-0.05, 0) is 35.4 Å². The minimum Gasteiger partial charge on any atom is -0.383 e. The highest BCUT2D eigenvalue weighted by Gasteiger charge is 2.15. The summed E-state index contributed by atoms with van der Waals surface area (Å²) in [6, 6.07) is 24.0. The van der Waals surface area contributed by atoms with E-state index in [9.17, 15) is 0 Å². The highest BCUT2D eigenvalue weighted by molar-refractivity contribution is 6.09. The second-order valence-corrected chi connectivity index (χ2v) is 7.76. The molecule has 0 fully saturated rings. The Hall–Kier alpha value is -4.76. The summed E-state index contributed by atoms with van der Waals surface area (Å²) in [6.07, 6.45) is 11.1. The van der Waals surface area contributed by atoms with Crippen molar-refractivity contribution in [1.82, 2.24) is 15.3 Å². The third kappa shape index (κ3) is 5.79. The molecule has 0 bridgehead atoms. The molecule has 0 aliphatic heterocycles. The fourth-order valence-electron chi connectivity index (χ4n) is 3.72. The number of nitrogen functional groups attached to an aromatic ring is 1. The molecular formula is C29H26N6. The van der Waals surface area contributed by atoms with Crippen LogP contribution in [0.3, 0.4) is 0 Å². The number of rotatable bonds is 7. The molecule has 0 aliphatic carbocycles. The quantitative estimate of drug-likeness (QED) is 0.236. The Morgan fingerprint density at radius 3 is 2.63 bits per heavy atom. The second-order valence-electron chi connectivity index (χ2n) is 7.76. The average Bonchev–Trinajstić information content (AvgIpc) is 2.91. The fourth-order valence-corrected chi connectivity index (χ4v) is 3.72. The maximum Gasteiger partial charge on any atom is 0.131 e. The van der Waals surface area contributed by atoms with Crippen LogP contribution in [0.5, 0.6) is 0 Å². The first-order valence-corrected chi connectivity index (χ1v) is 11.2. The Balaban J connectivity index is 1.75. The Morgan fingerprint density at radius 2 is 1.89 bits per heavy atom. The van der Waals surface area contributed by atoms with Gasteiger partial charge in [-0.1, -0.05) is 48.5 Å². The van der Waals surface area contributed by atoms with E-state index >= 15 is 0 Å². The van der Waals surface area contributed by atoms with Gasteiger partial charge >= 0.3 is 0 Å². The van der Waals surface area contributed by atoms with Gasteiger partial charge in [-0.15, -0.1) is 12.3 Å². The number of hydrogen-bond donors (Lipinski definition) is 2. The van der Waals surface area contributed by atoms with Crippen molar-refractivity contribution in [2.45, 2.75) is 13.0 Å². The molecule has 6 nitrogen and oxygen atoms in total. The third-order valence-corrected chi connectivity index (χ3v) is 5.42. The van der Waals surface area contributed by atoms with Gasteiger partial charge < -0.3 is 11.1 Å². The minimum atomic E-state index is 0.416. The summed E-state index contributed by atoms with van der Waals surface area (Å²) in [7, 11) is 1.77. The molecular weight excluding hydrogens is 432 g/mol. The molecule has 4 aromatic rings. The van der Waals surface area contributed by atoms with Gasteiger partial charge in [-0.2, -0.15) is 0 Å². The molecule has 0 spiro atoms. The van der Waals surface area contributed by atoms with Gasteiger partial charge in [0.1, 0.15) is 11.7 Å². The molecule has 0 radical (unpaired) electrons. The molecule has 0 amide bonds. The Morgan fingerprint density at radius 1 is 1.06 bits per heavy atom. The van der Waals surface area contributed by atoms with E-state index in [1.54, 1.807) is 25.7 Å². The summed E-state index contributed by atoms with van der Waals surface area (Å²) >= 11 is 0. The normalized spacial score (nSPS) is 11.4. The second kappa shape index (κ2) is 11.4. The van der Waals surface area contributed by atoms with Crippen molar-refractivity contribution in [3.8, 4) is 23.5 Å². The molecule has 3 N–H and O–H groups in total. The molecule has 0 saturated heterocycles. The lowest BCUT2D eigenvalue weighted by Gasteiger charge is -2.16. The van der Waals surface area contributed by atoms with Crippen LogP contribution in [0.4, 0.5) is 11.5 Å². The fraction of sp³-hybridized carbons (Fsp3) is 0.103. The van der Waals surface area contributed by atoms with Gasteiger partial charge in [-0.3, -0.25) is 15.0 Å². The van der Waals surface area contributed by atoms with Gasteiger partial charge in [0.05, 0.1) is 17.9 Å². The number of benzene rings is 2. The van der Waals surface area contributed by atoms with E-state index < -0.39 is 0 Å². The van der Waals surface area contributed by atoms with Crippen molar-refractivity contribution in [3.05, 3.63) is 108 Å². The molecule has 2 aromatic heterocycles. The Labute approximate surface area is 205 Å². The summed E-state index contributed by atoms with van der Waals surface area (Å²) < 4.78 is 0. The van der Waals surface area contributed by atoms with Crippen LogP contribution in [0.2, 0.25) is 0 Å². The van der Waals surface area contributed by atoms with E-state index in [0.717, 1.165) is 45.0 Å². The first-order chi connectivity index (χ1) is 17.2. The molecule has 0 atom stereocenters. The monoisotopic (exact) mass is 458 g/mol. The van der Waals surface area contributed by atoms with Crippen molar-refractivity contribution in [2.24, 2.45) is 9.98 Å². The van der Waals surface area contributed by atoms with Crippen LogP contribution in [0, 0.1) is 12.3 Å². The smallest absolute Gasteiger partial charge is 0.131 e. The number of amidine groups is 1. The van der Waals surface area contributed by atoms with Crippen molar-refractivity contribution in [3.63, 3.8) is 0 Å². The van der Waals surface area contributed by atoms with E-state index in [2.05, 4.69) is 44.4 Å². The SMILES string of the molecule is C#CCc1cc(/C=N/c2cccc(-c3ccccc3)c2/C(=N\C)NCc2ccccn2)cnc1N. The molecule has 6 heteroatoms. The van der Waals surface area contributed by atoms with Crippen LogP contribution >= 0.6 is 0 Å². The summed E-state index contributed by atoms with van der Waals surface area (Å²) in [5, 5.41) is 3.45. The van der Waals surface area contributed by atoms with Crippen LogP contribution in [0.15, 0.2) is 95.2 Å². The van der Waals surface area contributed by atoms with Crippen molar-refractivity contribution < 1.29 is 0 Å². The zero-order chi connectivity index (χ0) is 24.5. The van der Waals surface area contributed by atoms with Crippen LogP contribution in [0.1, 0.15) is 22.4 Å². The maximum absolute atomic E-state index is 5.95. The van der Waals surface area contributed by atoms with Crippen LogP contribution in [-0.4, -0.2) is 29.1 Å². The summed E-state index contributed by atoms with van der Waals surface area (Å²) in [6.45, 7) is 0.539. The van der Waals surface area contributed by atoms with E-state index in [1.165, 1.54) is 0 Å². The molecule has 0 unspecified atom stereocenters. The highest BCUT2D eigenvalue weighted by atomic mass is 15.0. The highest BCUT2D eigenvalue weighted by Crippen LogP contribution is 2.31. The zero-order valence-electron chi connectivity index (χ0n) is 19.5. The average molecular weight is 459 g/mol. The molecule has 4 rings (SSSR count). The summed E-state index contributed by atoms with van der Waals surface area (Å²) in [5.41, 5.74) is 12.3. The number of anilines is 1. The number of terminal acetylenes is 1. The number of nitrogens with zero attached hydrogens (tertiary/aromatic N) is 4. The summed E-state index contributed by atoms with van der Waals surface area (Å²) in [5.74, 6) is 3.78. The molecule has 172 valence electrons. The number of aliphatic imine (C=N–C) groups is 2. The third-order valence-electron chi connectivity index (χ3n) is 5.42. The maximum atomic E-state index is 5.95. The topological polar surface area (TPSA) is 88.5 Å². The van der Waals surface area contributed by atoms with Crippen molar-refractivity contribution in [1.29, 1.82) is 0 Å². The van der Waals surface area contributed by atoms with Crippen molar-refractivity contribution >= 4 is 23.6 Å². The standard InChI is InChI=1S/C29H26N6/c1-3-10-23-17-21(19-34-28(23)30)18-33-26-15-9-14-25(22-11-5-4-6-12-22)27(26)29(31-2)35-20-24-13-7-8-16-32-24/h1,4-9,11-19H,10,20H2,2H3,(H2,30,34)(H,31,35)/b33-18+. The van der Waals surface area contributed by atoms with E-state index in [1.807, 2.05) is 54.6 Å². The lowest BCUT2D eigenvalue weighted by molar-refractivity contribution is 0.871. The number of hydrogen-bond acceptors (Lipinski definition) is 5. The van der Waals surface area contributed by atoms with Crippen LogP contribution in [0.25, 0.3) is 11.1 Å². The number of pyridine rings is 2. The van der Waals surface area contributed by atoms with Gasteiger partial charge in [-0.25, -0.2) is 4.98 Å². The first kappa shape index (κ1) is 23.4. The van der Waals surface area contributed by atoms with Crippen molar-refractivity contribution in [2.75, 3.05) is 12.8 Å². The first-order valence-electron chi connectivity index (χ1n) is 11.2. The van der Waals surface area contributed by atoms with Gasteiger partial charge in [0.2, 0.25) is 0 Å². The predicted molar refractivity (Wildman–Crippen MR) is 144 cm³/mol. The Bertz CT molecular complexity index is 1390. The predicted octanol–water partition coefficient (Wildman–Crippen LogP) is 4.82. The van der Waals surface area contributed by atoms with Gasteiger partial charge in [0.25, 0.3) is 0 Å². The number of nitrogens with two attached hydrogens (primary N) is 1. The lowest BCUT2D eigenvalue weighted by Crippen LogP contribution is -2.25. The van der Waals surface area contributed by atoms with Gasteiger partial charge in [0.15, 0.2) is 0 Å². The van der Waals surface area contributed by atoms with Crippen LogP contribution in [-0.2, 0) is 13.0 Å². The molecule has 2 heterocycles. The Kier molecular flexibility index (Phi) is 7.62. The largest absolute Gasteiger partial charge is 0.383 e. The van der Waals surface area contributed by atoms with Gasteiger partial charge in [0, 0.05) is 48.8 Å².